The van der Waals surface area contributed by atoms with Crippen LogP contribution < -0.4 is 5.32 Å². The van der Waals surface area contributed by atoms with E-state index in [1.54, 1.807) is 22.2 Å². The van der Waals surface area contributed by atoms with Gasteiger partial charge >= 0.3 is 0 Å². The number of hydrogen-bond acceptors (Lipinski definition) is 5. The Bertz CT molecular complexity index is 618. The van der Waals surface area contributed by atoms with Gasteiger partial charge in [-0.1, -0.05) is 46.9 Å². The van der Waals surface area contributed by atoms with Gasteiger partial charge in [-0.25, -0.2) is 4.98 Å². The van der Waals surface area contributed by atoms with Crippen molar-refractivity contribution in [3.8, 4) is 10.4 Å². The molecule has 0 amide bonds. The molecule has 0 aliphatic heterocycles. The monoisotopic (exact) mass is 271 g/mol. The predicted molar refractivity (Wildman–Crippen MR) is 76.1 cm³/mol. The Kier molecular flexibility index (Phi) is 3.51. The molecular weight excluding hydrogens is 258 g/mol. The van der Waals surface area contributed by atoms with Crippen molar-refractivity contribution < 1.29 is 0 Å². The molecule has 96 valence electrons. The van der Waals surface area contributed by atoms with Crippen molar-refractivity contribution in [1.82, 2.24) is 20.0 Å². The summed E-state index contributed by atoms with van der Waals surface area (Å²) < 4.78 is 1.79. The lowest BCUT2D eigenvalue weighted by atomic mass is 10.2. The molecule has 0 saturated carbocycles. The molecule has 2 aromatic heterocycles. The quantitative estimate of drug-likeness (QED) is 0.774. The smallest absolute Gasteiger partial charge is 0.183 e. The lowest BCUT2D eigenvalue weighted by Gasteiger charge is -2.01. The van der Waals surface area contributed by atoms with E-state index < -0.39 is 0 Å². The third-order valence-electron chi connectivity index (χ3n) is 2.65. The summed E-state index contributed by atoms with van der Waals surface area (Å²) in [6.07, 6.45) is 5.42. The normalized spacial score (nSPS) is 10.5. The minimum absolute atomic E-state index is 0.778. The minimum atomic E-state index is 0.778. The summed E-state index contributed by atoms with van der Waals surface area (Å²) >= 11 is 1.66. The average molecular weight is 271 g/mol. The average Bonchev–Trinajstić information content (AvgIpc) is 3.11. The van der Waals surface area contributed by atoms with Crippen molar-refractivity contribution >= 4 is 16.5 Å². The van der Waals surface area contributed by atoms with E-state index in [1.165, 1.54) is 10.4 Å². The molecule has 0 fully saturated rings. The van der Waals surface area contributed by atoms with Crippen LogP contribution in [0.15, 0.2) is 48.9 Å². The van der Waals surface area contributed by atoms with Crippen molar-refractivity contribution in [1.29, 1.82) is 0 Å². The van der Waals surface area contributed by atoms with Crippen molar-refractivity contribution in [3.05, 3.63) is 48.9 Å². The van der Waals surface area contributed by atoms with E-state index in [2.05, 4.69) is 32.7 Å². The van der Waals surface area contributed by atoms with Crippen molar-refractivity contribution in [2.24, 2.45) is 0 Å². The van der Waals surface area contributed by atoms with Gasteiger partial charge in [0.05, 0.1) is 17.6 Å². The van der Waals surface area contributed by atoms with Gasteiger partial charge in [0, 0.05) is 18.9 Å². The highest BCUT2D eigenvalue weighted by Crippen LogP contribution is 2.28. The van der Waals surface area contributed by atoms with Gasteiger partial charge in [0.25, 0.3) is 0 Å². The summed E-state index contributed by atoms with van der Waals surface area (Å²) in [7, 11) is 0. The van der Waals surface area contributed by atoms with Gasteiger partial charge in [-0.05, 0) is 5.56 Å². The van der Waals surface area contributed by atoms with Crippen LogP contribution in [0.5, 0.6) is 0 Å². The van der Waals surface area contributed by atoms with Crippen LogP contribution >= 0.6 is 11.3 Å². The van der Waals surface area contributed by atoms with Crippen molar-refractivity contribution in [2.75, 3.05) is 11.9 Å². The fourth-order valence-electron chi connectivity index (χ4n) is 1.72. The van der Waals surface area contributed by atoms with Crippen LogP contribution in [0.3, 0.4) is 0 Å². The molecule has 0 aliphatic carbocycles. The maximum atomic E-state index is 4.37. The molecule has 19 heavy (non-hydrogen) atoms. The Hall–Kier alpha value is -2.21. The Balaban J connectivity index is 1.59. The maximum absolute atomic E-state index is 4.37. The van der Waals surface area contributed by atoms with Gasteiger partial charge < -0.3 is 5.32 Å². The molecule has 6 heteroatoms. The summed E-state index contributed by atoms with van der Waals surface area (Å²) in [5, 5.41) is 11.9. The van der Waals surface area contributed by atoms with Crippen LogP contribution in [0.2, 0.25) is 0 Å². The second-order valence-corrected chi connectivity index (χ2v) is 5.02. The Morgan fingerprint density at radius 1 is 1.21 bits per heavy atom. The van der Waals surface area contributed by atoms with Gasteiger partial charge in [0.15, 0.2) is 5.13 Å². The van der Waals surface area contributed by atoms with Gasteiger partial charge in [0.2, 0.25) is 0 Å². The molecule has 0 radical (unpaired) electrons. The van der Waals surface area contributed by atoms with Gasteiger partial charge in [-0.3, -0.25) is 4.68 Å². The van der Waals surface area contributed by atoms with Gasteiger partial charge in [-0.2, -0.15) is 0 Å². The highest BCUT2D eigenvalue weighted by molar-refractivity contribution is 7.18. The summed E-state index contributed by atoms with van der Waals surface area (Å²) in [6.45, 7) is 1.56. The number of benzene rings is 1. The van der Waals surface area contributed by atoms with E-state index in [9.17, 15) is 0 Å². The number of hydrogen-bond donors (Lipinski definition) is 1. The fraction of sp³-hybridized carbons (Fsp3) is 0.154. The SMILES string of the molecule is c1ccc(-c2cnc(NCCn3ccnn3)s2)cc1. The zero-order valence-corrected chi connectivity index (χ0v) is 11.0. The molecular formula is C13H13N5S. The van der Waals surface area contributed by atoms with E-state index in [-0.39, 0.29) is 0 Å². The minimum Gasteiger partial charge on any atom is -0.360 e. The number of nitrogens with one attached hydrogen (secondary N) is 1. The molecule has 1 aromatic carbocycles. The first-order valence-corrected chi connectivity index (χ1v) is 6.83. The second-order valence-electron chi connectivity index (χ2n) is 3.99. The topological polar surface area (TPSA) is 55.6 Å². The highest BCUT2D eigenvalue weighted by Gasteiger charge is 2.03. The van der Waals surface area contributed by atoms with Crippen LogP contribution in [0, 0.1) is 0 Å². The fourth-order valence-corrected chi connectivity index (χ4v) is 2.57. The van der Waals surface area contributed by atoms with Gasteiger partial charge in [0.1, 0.15) is 0 Å². The van der Waals surface area contributed by atoms with E-state index in [4.69, 9.17) is 0 Å². The summed E-state index contributed by atoms with van der Waals surface area (Å²) in [5.41, 5.74) is 1.20. The molecule has 0 saturated heterocycles. The molecule has 2 heterocycles. The maximum Gasteiger partial charge on any atom is 0.183 e. The molecule has 3 aromatic rings. The predicted octanol–water partition coefficient (Wildman–Crippen LogP) is 2.51. The molecule has 0 atom stereocenters. The first kappa shape index (κ1) is 11.9. The molecule has 3 rings (SSSR count). The Morgan fingerprint density at radius 2 is 2.11 bits per heavy atom. The molecule has 0 unspecified atom stereocenters. The lowest BCUT2D eigenvalue weighted by molar-refractivity contribution is 0.609. The first-order chi connectivity index (χ1) is 9.42. The Morgan fingerprint density at radius 3 is 2.89 bits per heavy atom. The van der Waals surface area contributed by atoms with Crippen LogP contribution in [0.4, 0.5) is 5.13 Å². The number of nitrogens with zero attached hydrogens (tertiary/aromatic N) is 4. The molecule has 0 bridgehead atoms. The van der Waals surface area contributed by atoms with E-state index in [1.807, 2.05) is 30.6 Å². The number of anilines is 1. The number of thiazole rings is 1. The zero-order chi connectivity index (χ0) is 12.9. The van der Waals surface area contributed by atoms with Crippen LogP contribution in [0.1, 0.15) is 0 Å². The first-order valence-electron chi connectivity index (χ1n) is 6.01. The summed E-state index contributed by atoms with van der Waals surface area (Å²) in [5.74, 6) is 0. The van der Waals surface area contributed by atoms with Gasteiger partial charge in [-0.15, -0.1) is 5.10 Å². The largest absolute Gasteiger partial charge is 0.360 e. The lowest BCUT2D eigenvalue weighted by Crippen LogP contribution is -2.10. The van der Waals surface area contributed by atoms with E-state index >= 15 is 0 Å². The third kappa shape index (κ3) is 2.97. The summed E-state index contributed by atoms with van der Waals surface area (Å²) in [4.78, 5) is 5.54. The molecule has 5 nitrogen and oxygen atoms in total. The standard InChI is InChI=1S/C13H13N5S/c1-2-4-11(5-3-1)12-10-15-13(19-12)14-6-8-18-9-7-16-17-18/h1-5,7,9-10H,6,8H2,(H,14,15). The van der Waals surface area contributed by atoms with Crippen molar-refractivity contribution in [3.63, 3.8) is 0 Å². The summed E-state index contributed by atoms with van der Waals surface area (Å²) in [6, 6.07) is 10.3. The van der Waals surface area contributed by atoms with Crippen LogP contribution in [-0.4, -0.2) is 26.5 Å². The van der Waals surface area contributed by atoms with Crippen molar-refractivity contribution in [2.45, 2.75) is 6.54 Å². The van der Waals surface area contributed by atoms with E-state index in [0.29, 0.717) is 0 Å². The second kappa shape index (κ2) is 5.62. The van der Waals surface area contributed by atoms with Crippen LogP contribution in [-0.2, 0) is 6.54 Å². The zero-order valence-electron chi connectivity index (χ0n) is 10.2. The van der Waals surface area contributed by atoms with Crippen LogP contribution in [0.25, 0.3) is 10.4 Å². The van der Waals surface area contributed by atoms with E-state index in [0.717, 1.165) is 18.2 Å². The third-order valence-corrected chi connectivity index (χ3v) is 3.66. The molecule has 1 N–H and O–H groups in total. The highest BCUT2D eigenvalue weighted by atomic mass is 32.1. The Labute approximate surface area is 114 Å². The molecule has 0 aliphatic rings. The number of aromatic nitrogens is 4. The molecule has 0 spiro atoms. The number of rotatable bonds is 5.